The number of fused-ring (bicyclic) bond motifs is 1. The highest BCUT2D eigenvalue weighted by Gasteiger charge is 2.34. The zero-order valence-corrected chi connectivity index (χ0v) is 16.1. The van der Waals surface area contributed by atoms with Gasteiger partial charge >= 0.3 is 0 Å². The van der Waals surface area contributed by atoms with Gasteiger partial charge in [0.2, 0.25) is 5.91 Å². The van der Waals surface area contributed by atoms with Crippen LogP contribution in [0.5, 0.6) is 11.5 Å². The van der Waals surface area contributed by atoms with Crippen LogP contribution in [0.3, 0.4) is 0 Å². The van der Waals surface area contributed by atoms with Crippen molar-refractivity contribution in [3.63, 3.8) is 0 Å². The Balaban J connectivity index is 1.57. The molecule has 0 aliphatic carbocycles. The van der Waals surface area contributed by atoms with Crippen LogP contribution < -0.4 is 14.8 Å². The molecule has 3 amide bonds. The summed E-state index contributed by atoms with van der Waals surface area (Å²) in [7, 11) is 3.06. The maximum atomic E-state index is 12.4. The Hall–Kier alpha value is -3.35. The standard InChI is InChI=1S/C21H22N2O5/c1-13-6-8-15-16(11-13)21(26)23(20(15)25)10-4-5-19(24)22-17-9-7-14(27-2)12-18(17)28-3/h6-9,11-12H,4-5,10H2,1-3H3,(H,22,24). The van der Waals surface area contributed by atoms with E-state index in [1.807, 2.05) is 13.0 Å². The molecular weight excluding hydrogens is 360 g/mol. The smallest absolute Gasteiger partial charge is 0.261 e. The van der Waals surface area contributed by atoms with Gasteiger partial charge in [-0.2, -0.15) is 0 Å². The number of nitrogens with one attached hydrogen (secondary N) is 1. The summed E-state index contributed by atoms with van der Waals surface area (Å²) in [6.07, 6.45) is 0.538. The molecule has 0 saturated heterocycles. The minimum atomic E-state index is -0.308. The summed E-state index contributed by atoms with van der Waals surface area (Å²) in [5, 5.41) is 2.78. The molecule has 2 aromatic carbocycles. The first-order valence-electron chi connectivity index (χ1n) is 8.93. The highest BCUT2D eigenvalue weighted by molar-refractivity contribution is 6.21. The Morgan fingerprint density at radius 1 is 1.00 bits per heavy atom. The van der Waals surface area contributed by atoms with E-state index >= 15 is 0 Å². The number of aryl methyl sites for hydroxylation is 1. The second kappa shape index (κ2) is 8.12. The fraction of sp³-hybridized carbons (Fsp3) is 0.286. The lowest BCUT2D eigenvalue weighted by Crippen LogP contribution is -2.31. The molecule has 1 aliphatic heterocycles. The minimum Gasteiger partial charge on any atom is -0.497 e. The van der Waals surface area contributed by atoms with E-state index in [1.165, 1.54) is 12.0 Å². The van der Waals surface area contributed by atoms with Gasteiger partial charge in [-0.3, -0.25) is 19.3 Å². The number of nitrogens with zero attached hydrogens (tertiary/aromatic N) is 1. The first kappa shape index (κ1) is 19.4. The number of methoxy groups -OCH3 is 2. The number of anilines is 1. The van der Waals surface area contributed by atoms with Gasteiger partial charge in [0.25, 0.3) is 11.8 Å². The van der Waals surface area contributed by atoms with Crippen molar-refractivity contribution in [1.29, 1.82) is 0 Å². The van der Waals surface area contributed by atoms with Crippen molar-refractivity contribution in [1.82, 2.24) is 4.90 Å². The molecule has 0 radical (unpaired) electrons. The second-order valence-electron chi connectivity index (χ2n) is 6.53. The van der Waals surface area contributed by atoms with E-state index in [1.54, 1.807) is 37.4 Å². The monoisotopic (exact) mass is 382 g/mol. The predicted octanol–water partition coefficient (Wildman–Crippen LogP) is 3.03. The molecule has 1 N–H and O–H groups in total. The molecule has 1 heterocycles. The van der Waals surface area contributed by atoms with Gasteiger partial charge in [0.15, 0.2) is 0 Å². The normalized spacial score (nSPS) is 12.8. The number of carbonyl (C=O) groups excluding carboxylic acids is 3. The number of hydrogen-bond acceptors (Lipinski definition) is 5. The van der Waals surface area contributed by atoms with Crippen LogP contribution in [0.25, 0.3) is 0 Å². The van der Waals surface area contributed by atoms with Gasteiger partial charge < -0.3 is 14.8 Å². The molecule has 1 aliphatic rings. The molecule has 0 spiro atoms. The van der Waals surface area contributed by atoms with E-state index in [4.69, 9.17) is 9.47 Å². The van der Waals surface area contributed by atoms with Crippen LogP contribution in [0.2, 0.25) is 0 Å². The molecule has 28 heavy (non-hydrogen) atoms. The molecule has 7 nitrogen and oxygen atoms in total. The van der Waals surface area contributed by atoms with Gasteiger partial charge in [-0.25, -0.2) is 0 Å². The molecule has 0 unspecified atom stereocenters. The van der Waals surface area contributed by atoms with Crippen molar-refractivity contribution in [2.75, 3.05) is 26.1 Å². The molecule has 7 heteroatoms. The summed E-state index contributed by atoms with van der Waals surface area (Å²) in [6.45, 7) is 2.07. The maximum Gasteiger partial charge on any atom is 0.261 e. The Labute approximate surface area is 163 Å². The van der Waals surface area contributed by atoms with E-state index in [-0.39, 0.29) is 30.7 Å². The Morgan fingerprint density at radius 2 is 1.75 bits per heavy atom. The molecule has 0 fully saturated rings. The summed E-state index contributed by atoms with van der Waals surface area (Å²) in [4.78, 5) is 38.3. The van der Waals surface area contributed by atoms with Crippen LogP contribution in [-0.4, -0.2) is 43.4 Å². The van der Waals surface area contributed by atoms with Gasteiger partial charge in [0.1, 0.15) is 11.5 Å². The zero-order valence-electron chi connectivity index (χ0n) is 16.1. The van der Waals surface area contributed by atoms with E-state index in [0.29, 0.717) is 34.7 Å². The maximum absolute atomic E-state index is 12.4. The Kier molecular flexibility index (Phi) is 5.63. The molecule has 2 aromatic rings. The first-order chi connectivity index (χ1) is 13.4. The fourth-order valence-corrected chi connectivity index (χ4v) is 3.12. The topological polar surface area (TPSA) is 84.9 Å². The SMILES string of the molecule is COc1ccc(NC(=O)CCCN2C(=O)c3ccc(C)cc3C2=O)c(OC)c1. The number of imide groups is 1. The summed E-state index contributed by atoms with van der Waals surface area (Å²) < 4.78 is 10.4. The number of carbonyl (C=O) groups is 3. The van der Waals surface area contributed by atoms with Crippen LogP contribution in [0, 0.1) is 6.92 Å². The van der Waals surface area contributed by atoms with Gasteiger partial charge in [0, 0.05) is 19.0 Å². The Bertz CT molecular complexity index is 938. The lowest BCUT2D eigenvalue weighted by atomic mass is 10.1. The summed E-state index contributed by atoms with van der Waals surface area (Å²) in [6, 6.07) is 10.3. The number of amides is 3. The third kappa shape index (κ3) is 3.83. The van der Waals surface area contributed by atoms with E-state index in [0.717, 1.165) is 5.56 Å². The van der Waals surface area contributed by atoms with Crippen LogP contribution in [0.1, 0.15) is 39.1 Å². The van der Waals surface area contributed by atoms with Crippen molar-refractivity contribution in [3.8, 4) is 11.5 Å². The number of benzene rings is 2. The van der Waals surface area contributed by atoms with Crippen molar-refractivity contribution in [2.24, 2.45) is 0 Å². The van der Waals surface area contributed by atoms with Gasteiger partial charge in [0.05, 0.1) is 31.0 Å². The highest BCUT2D eigenvalue weighted by Crippen LogP contribution is 2.29. The molecule has 146 valence electrons. The van der Waals surface area contributed by atoms with Gasteiger partial charge in [-0.05, 0) is 37.6 Å². The van der Waals surface area contributed by atoms with Crippen molar-refractivity contribution < 1.29 is 23.9 Å². The molecule has 0 aromatic heterocycles. The van der Waals surface area contributed by atoms with E-state index < -0.39 is 0 Å². The lowest BCUT2D eigenvalue weighted by molar-refractivity contribution is -0.116. The fourth-order valence-electron chi connectivity index (χ4n) is 3.12. The van der Waals surface area contributed by atoms with Crippen LogP contribution in [-0.2, 0) is 4.79 Å². The minimum absolute atomic E-state index is 0.168. The molecule has 0 saturated carbocycles. The average Bonchev–Trinajstić information content (AvgIpc) is 2.92. The molecular formula is C21H22N2O5. The summed E-state index contributed by atoms with van der Waals surface area (Å²) in [5.41, 5.74) is 2.31. The van der Waals surface area contributed by atoms with Gasteiger partial charge in [-0.1, -0.05) is 11.6 Å². The van der Waals surface area contributed by atoms with Crippen LogP contribution in [0.4, 0.5) is 5.69 Å². The van der Waals surface area contributed by atoms with E-state index in [2.05, 4.69) is 5.32 Å². The van der Waals surface area contributed by atoms with Crippen LogP contribution in [0.15, 0.2) is 36.4 Å². The first-order valence-corrected chi connectivity index (χ1v) is 8.93. The van der Waals surface area contributed by atoms with Crippen molar-refractivity contribution >= 4 is 23.4 Å². The number of rotatable bonds is 7. The lowest BCUT2D eigenvalue weighted by Gasteiger charge is -2.14. The second-order valence-corrected chi connectivity index (χ2v) is 6.53. The van der Waals surface area contributed by atoms with E-state index in [9.17, 15) is 14.4 Å². The molecule has 0 bridgehead atoms. The third-order valence-corrected chi connectivity index (χ3v) is 4.59. The van der Waals surface area contributed by atoms with Gasteiger partial charge in [-0.15, -0.1) is 0 Å². The predicted molar refractivity (Wildman–Crippen MR) is 104 cm³/mol. The van der Waals surface area contributed by atoms with Crippen molar-refractivity contribution in [2.45, 2.75) is 19.8 Å². The molecule has 0 atom stereocenters. The van der Waals surface area contributed by atoms with Crippen molar-refractivity contribution in [3.05, 3.63) is 53.1 Å². The zero-order chi connectivity index (χ0) is 20.3. The molecule has 3 rings (SSSR count). The van der Waals surface area contributed by atoms with Crippen LogP contribution >= 0.6 is 0 Å². The largest absolute Gasteiger partial charge is 0.497 e. The number of ether oxygens (including phenoxy) is 2. The Morgan fingerprint density at radius 3 is 2.46 bits per heavy atom. The quantitative estimate of drug-likeness (QED) is 0.744. The number of hydrogen-bond donors (Lipinski definition) is 1. The third-order valence-electron chi connectivity index (χ3n) is 4.59. The summed E-state index contributed by atoms with van der Waals surface area (Å²) in [5.74, 6) is 0.271. The summed E-state index contributed by atoms with van der Waals surface area (Å²) >= 11 is 0. The highest BCUT2D eigenvalue weighted by atomic mass is 16.5. The average molecular weight is 382 g/mol.